The molecule has 0 N–H and O–H groups in total. The summed E-state index contributed by atoms with van der Waals surface area (Å²) < 4.78 is 30.1. The lowest BCUT2D eigenvalue weighted by Crippen LogP contribution is -2.31. The Morgan fingerprint density at radius 3 is 2.53 bits per heavy atom. The molecule has 0 aliphatic heterocycles. The van der Waals surface area contributed by atoms with Gasteiger partial charge < -0.3 is 4.74 Å². The monoisotopic (exact) mass is 254 g/mol. The summed E-state index contributed by atoms with van der Waals surface area (Å²) in [7, 11) is -1.53. The summed E-state index contributed by atoms with van der Waals surface area (Å²) in [6.45, 7) is 0. The Balaban J connectivity index is 2.21. The lowest BCUT2D eigenvalue weighted by Gasteiger charge is -2.27. The fourth-order valence-corrected chi connectivity index (χ4v) is 4.27. The lowest BCUT2D eigenvalue weighted by molar-refractivity contribution is 0.0720. The van der Waals surface area contributed by atoms with Crippen molar-refractivity contribution in [3.8, 4) is 0 Å². The summed E-state index contributed by atoms with van der Waals surface area (Å²) >= 11 is 0. The minimum atomic E-state index is -3.19. The molecule has 0 heterocycles. The van der Waals surface area contributed by atoms with E-state index in [1.807, 2.05) is 6.07 Å². The molecular weight excluding hydrogens is 236 g/mol. The maximum atomic E-state index is 12.4. The molecule has 1 aliphatic carbocycles. The highest BCUT2D eigenvalue weighted by atomic mass is 32.2. The molecular formula is C13H18O3S. The van der Waals surface area contributed by atoms with Crippen LogP contribution in [0, 0.1) is 0 Å². The molecule has 1 saturated carbocycles. The highest BCUT2D eigenvalue weighted by Gasteiger charge is 2.32. The average Bonchev–Trinajstić information content (AvgIpc) is 2.40. The molecule has 0 unspecified atom stereocenters. The van der Waals surface area contributed by atoms with E-state index in [-0.39, 0.29) is 11.4 Å². The third-order valence-electron chi connectivity index (χ3n) is 3.42. The molecule has 4 heteroatoms. The smallest absolute Gasteiger partial charge is 0.181 e. The van der Waals surface area contributed by atoms with E-state index in [2.05, 4.69) is 0 Å². The van der Waals surface area contributed by atoms with Crippen molar-refractivity contribution in [3.63, 3.8) is 0 Å². The molecule has 0 spiro atoms. The number of rotatable bonds is 3. The van der Waals surface area contributed by atoms with Gasteiger partial charge in [-0.2, -0.15) is 0 Å². The molecule has 0 saturated heterocycles. The van der Waals surface area contributed by atoms with Crippen LogP contribution in [-0.2, 0) is 14.6 Å². The van der Waals surface area contributed by atoms with Gasteiger partial charge >= 0.3 is 0 Å². The Kier molecular flexibility index (Phi) is 3.84. The Morgan fingerprint density at radius 2 is 1.88 bits per heavy atom. The van der Waals surface area contributed by atoms with Gasteiger partial charge in [-0.1, -0.05) is 18.2 Å². The van der Waals surface area contributed by atoms with Crippen LogP contribution in [0.15, 0.2) is 35.2 Å². The van der Waals surface area contributed by atoms with E-state index in [1.54, 1.807) is 31.4 Å². The van der Waals surface area contributed by atoms with Gasteiger partial charge in [0, 0.05) is 7.11 Å². The van der Waals surface area contributed by atoms with E-state index in [0.717, 1.165) is 19.3 Å². The van der Waals surface area contributed by atoms with Crippen LogP contribution >= 0.6 is 0 Å². The molecule has 0 bridgehead atoms. The van der Waals surface area contributed by atoms with Crippen molar-refractivity contribution in [1.82, 2.24) is 0 Å². The molecule has 0 aromatic heterocycles. The minimum Gasteiger partial charge on any atom is -0.381 e. The van der Waals surface area contributed by atoms with E-state index in [9.17, 15) is 8.42 Å². The van der Waals surface area contributed by atoms with E-state index >= 15 is 0 Å². The van der Waals surface area contributed by atoms with Crippen LogP contribution in [0.25, 0.3) is 0 Å². The van der Waals surface area contributed by atoms with Crippen LogP contribution in [0.2, 0.25) is 0 Å². The van der Waals surface area contributed by atoms with Gasteiger partial charge in [-0.25, -0.2) is 8.42 Å². The molecule has 2 rings (SSSR count). The zero-order valence-electron chi connectivity index (χ0n) is 10.0. The number of ether oxygens (including phenoxy) is 1. The normalized spacial score (nSPS) is 25.7. The first-order valence-electron chi connectivity index (χ1n) is 5.96. The van der Waals surface area contributed by atoms with Crippen molar-refractivity contribution in [2.75, 3.05) is 7.11 Å². The van der Waals surface area contributed by atoms with Gasteiger partial charge in [-0.05, 0) is 37.8 Å². The van der Waals surface area contributed by atoms with Crippen molar-refractivity contribution >= 4 is 9.84 Å². The lowest BCUT2D eigenvalue weighted by atomic mass is 9.97. The van der Waals surface area contributed by atoms with E-state index in [4.69, 9.17) is 4.74 Å². The molecule has 1 aromatic rings. The minimum absolute atomic E-state index is 0.0900. The van der Waals surface area contributed by atoms with Gasteiger partial charge in [-0.15, -0.1) is 0 Å². The summed E-state index contributed by atoms with van der Waals surface area (Å²) in [6.07, 6.45) is 3.35. The number of benzene rings is 1. The second-order valence-corrected chi connectivity index (χ2v) is 6.73. The van der Waals surface area contributed by atoms with Crippen molar-refractivity contribution in [2.24, 2.45) is 0 Å². The standard InChI is InChI=1S/C13H18O3S/c1-16-11-6-5-9-13(10-11)17(14,15)12-7-3-2-4-8-12/h2-4,7-8,11,13H,5-6,9-10H2,1H3/t11-,13+/m0/s1. The first-order valence-corrected chi connectivity index (χ1v) is 7.51. The molecule has 3 nitrogen and oxygen atoms in total. The van der Waals surface area contributed by atoms with Gasteiger partial charge in [0.2, 0.25) is 0 Å². The number of hydrogen-bond donors (Lipinski definition) is 0. The van der Waals surface area contributed by atoms with Gasteiger partial charge in [-0.3, -0.25) is 0 Å². The molecule has 1 aliphatic rings. The first-order chi connectivity index (χ1) is 8.14. The van der Waals surface area contributed by atoms with Crippen LogP contribution < -0.4 is 0 Å². The largest absolute Gasteiger partial charge is 0.381 e. The Hall–Kier alpha value is -0.870. The second-order valence-electron chi connectivity index (χ2n) is 4.50. The molecule has 17 heavy (non-hydrogen) atoms. The first kappa shape index (κ1) is 12.6. The maximum absolute atomic E-state index is 12.4. The predicted molar refractivity (Wildman–Crippen MR) is 66.7 cm³/mol. The highest BCUT2D eigenvalue weighted by Crippen LogP contribution is 2.29. The summed E-state index contributed by atoms with van der Waals surface area (Å²) in [6, 6.07) is 8.71. The highest BCUT2D eigenvalue weighted by molar-refractivity contribution is 7.92. The summed E-state index contributed by atoms with van der Waals surface area (Å²) in [5, 5.41) is -0.288. The predicted octanol–water partition coefficient (Wildman–Crippen LogP) is 2.42. The maximum Gasteiger partial charge on any atom is 0.181 e. The topological polar surface area (TPSA) is 43.4 Å². The summed E-state index contributed by atoms with van der Waals surface area (Å²) in [5.41, 5.74) is 0. The number of methoxy groups -OCH3 is 1. The van der Waals surface area contributed by atoms with Gasteiger partial charge in [0.25, 0.3) is 0 Å². The zero-order valence-corrected chi connectivity index (χ0v) is 10.8. The van der Waals surface area contributed by atoms with Gasteiger partial charge in [0.15, 0.2) is 9.84 Å². The molecule has 1 aromatic carbocycles. The van der Waals surface area contributed by atoms with Crippen LogP contribution in [0.3, 0.4) is 0 Å². The van der Waals surface area contributed by atoms with E-state index in [1.165, 1.54) is 0 Å². The average molecular weight is 254 g/mol. The third-order valence-corrected chi connectivity index (χ3v) is 5.66. The third kappa shape index (κ3) is 2.69. The molecule has 2 atom stereocenters. The SMILES string of the molecule is CO[C@H]1CCC[C@@H](S(=O)(=O)c2ccccc2)C1. The van der Waals surface area contributed by atoms with Crippen molar-refractivity contribution in [1.29, 1.82) is 0 Å². The fraction of sp³-hybridized carbons (Fsp3) is 0.538. The van der Waals surface area contributed by atoms with Crippen LogP contribution in [0.5, 0.6) is 0 Å². The molecule has 94 valence electrons. The van der Waals surface area contributed by atoms with Gasteiger partial charge in [0.05, 0.1) is 16.2 Å². The number of sulfone groups is 1. The van der Waals surface area contributed by atoms with E-state index in [0.29, 0.717) is 11.3 Å². The zero-order chi connectivity index (χ0) is 12.3. The Labute approximate surface area is 103 Å². The second kappa shape index (κ2) is 5.19. The van der Waals surface area contributed by atoms with E-state index < -0.39 is 9.84 Å². The number of hydrogen-bond acceptors (Lipinski definition) is 3. The Morgan fingerprint density at radius 1 is 1.18 bits per heavy atom. The molecule has 1 fully saturated rings. The molecule has 0 amide bonds. The van der Waals surface area contributed by atoms with Crippen LogP contribution in [0.4, 0.5) is 0 Å². The van der Waals surface area contributed by atoms with Crippen molar-refractivity contribution in [3.05, 3.63) is 30.3 Å². The van der Waals surface area contributed by atoms with Crippen molar-refractivity contribution < 1.29 is 13.2 Å². The van der Waals surface area contributed by atoms with Crippen LogP contribution in [0.1, 0.15) is 25.7 Å². The van der Waals surface area contributed by atoms with Crippen molar-refractivity contribution in [2.45, 2.75) is 41.9 Å². The Bertz CT molecular complexity index is 453. The fourth-order valence-electron chi connectivity index (χ4n) is 2.40. The molecule has 0 radical (unpaired) electrons. The quantitative estimate of drug-likeness (QED) is 0.832. The summed E-state index contributed by atoms with van der Waals surface area (Å²) in [4.78, 5) is 0.432. The van der Waals surface area contributed by atoms with Gasteiger partial charge in [0.1, 0.15) is 0 Å². The van der Waals surface area contributed by atoms with Crippen LogP contribution in [-0.4, -0.2) is 26.9 Å². The summed E-state index contributed by atoms with van der Waals surface area (Å²) in [5.74, 6) is 0.